The van der Waals surface area contributed by atoms with Crippen LogP contribution in [0.15, 0.2) is 42.5 Å². The molecule has 1 N–H and O–H groups in total. The second-order valence-corrected chi connectivity index (χ2v) is 8.82. The third-order valence-corrected chi connectivity index (χ3v) is 6.40. The Morgan fingerprint density at radius 3 is 2.48 bits per heavy atom. The van der Waals surface area contributed by atoms with Gasteiger partial charge in [-0.25, -0.2) is 0 Å². The molecule has 0 aromatic heterocycles. The minimum absolute atomic E-state index is 0.0180. The van der Waals surface area contributed by atoms with Crippen molar-refractivity contribution in [1.82, 2.24) is 0 Å². The quantitative estimate of drug-likeness (QED) is 0.540. The molecule has 5 heteroatoms. The molecule has 5 nitrogen and oxygen atoms in total. The average Bonchev–Trinajstić information content (AvgIpc) is 2.75. The lowest BCUT2D eigenvalue weighted by molar-refractivity contribution is -0.151. The maximum atomic E-state index is 13.0. The van der Waals surface area contributed by atoms with Crippen LogP contribution < -0.4 is 9.47 Å². The lowest BCUT2D eigenvalue weighted by Gasteiger charge is -2.35. The van der Waals surface area contributed by atoms with Gasteiger partial charge in [0.05, 0.1) is 19.1 Å². The van der Waals surface area contributed by atoms with E-state index in [2.05, 4.69) is 32.0 Å². The van der Waals surface area contributed by atoms with Crippen LogP contribution >= 0.6 is 0 Å². The van der Waals surface area contributed by atoms with Crippen molar-refractivity contribution >= 4 is 11.8 Å². The van der Waals surface area contributed by atoms with Crippen LogP contribution in [-0.4, -0.2) is 30.6 Å². The molecule has 166 valence electrons. The number of benzene rings is 2. The third kappa shape index (κ3) is 5.66. The number of carboxylic acids is 1. The van der Waals surface area contributed by atoms with E-state index in [1.165, 1.54) is 11.1 Å². The summed E-state index contributed by atoms with van der Waals surface area (Å²) in [6.45, 7) is 4.64. The Kier molecular flexibility index (Phi) is 7.37. The first-order valence-electron chi connectivity index (χ1n) is 11.0. The van der Waals surface area contributed by atoms with Crippen molar-refractivity contribution in [2.75, 3.05) is 13.7 Å². The highest BCUT2D eigenvalue weighted by Gasteiger charge is 2.43. The fourth-order valence-corrected chi connectivity index (χ4v) is 4.30. The summed E-state index contributed by atoms with van der Waals surface area (Å²) in [5.74, 6) is 0.541. The van der Waals surface area contributed by atoms with Gasteiger partial charge in [0.1, 0.15) is 0 Å². The van der Waals surface area contributed by atoms with E-state index in [0.29, 0.717) is 42.4 Å². The Labute approximate surface area is 184 Å². The van der Waals surface area contributed by atoms with Gasteiger partial charge >= 0.3 is 5.97 Å². The second-order valence-electron chi connectivity index (χ2n) is 8.82. The monoisotopic (exact) mass is 424 g/mol. The minimum atomic E-state index is -0.963. The largest absolute Gasteiger partial charge is 0.493 e. The van der Waals surface area contributed by atoms with Crippen LogP contribution in [0.4, 0.5) is 0 Å². The fraction of sp³-hybridized carbons (Fsp3) is 0.462. The van der Waals surface area contributed by atoms with Crippen LogP contribution in [0, 0.1) is 18.3 Å². The molecular formula is C26H32O5. The molecule has 0 amide bonds. The number of methoxy groups -OCH3 is 1. The van der Waals surface area contributed by atoms with Gasteiger partial charge in [-0.3, -0.25) is 9.59 Å². The van der Waals surface area contributed by atoms with Gasteiger partial charge in [-0.1, -0.05) is 36.8 Å². The average molecular weight is 425 g/mol. The molecule has 0 unspecified atom stereocenters. The van der Waals surface area contributed by atoms with Crippen molar-refractivity contribution in [1.29, 1.82) is 0 Å². The van der Waals surface area contributed by atoms with Crippen molar-refractivity contribution in [3.63, 3.8) is 0 Å². The molecule has 0 spiro atoms. The van der Waals surface area contributed by atoms with Crippen LogP contribution in [0.5, 0.6) is 11.5 Å². The zero-order valence-electron chi connectivity index (χ0n) is 18.6. The molecule has 0 aliphatic heterocycles. The maximum absolute atomic E-state index is 13.0. The zero-order valence-corrected chi connectivity index (χ0v) is 18.6. The van der Waals surface area contributed by atoms with Crippen LogP contribution in [-0.2, 0) is 11.2 Å². The van der Waals surface area contributed by atoms with Crippen LogP contribution in [0.2, 0.25) is 0 Å². The second kappa shape index (κ2) is 9.99. The van der Waals surface area contributed by atoms with Gasteiger partial charge < -0.3 is 14.6 Å². The molecule has 0 heterocycles. The summed E-state index contributed by atoms with van der Waals surface area (Å²) >= 11 is 0. The number of carbonyl (C=O) groups is 2. The smallest absolute Gasteiger partial charge is 0.310 e. The summed E-state index contributed by atoms with van der Waals surface area (Å²) in [5, 5.41) is 9.85. The molecule has 1 saturated carbocycles. The van der Waals surface area contributed by atoms with Crippen molar-refractivity contribution in [3.8, 4) is 11.5 Å². The molecule has 1 aliphatic rings. The molecule has 0 saturated heterocycles. The third-order valence-electron chi connectivity index (χ3n) is 6.40. The lowest BCUT2D eigenvalue weighted by Crippen LogP contribution is -2.37. The van der Waals surface area contributed by atoms with Crippen LogP contribution in [0.1, 0.15) is 60.5 Å². The molecule has 1 fully saturated rings. The summed E-state index contributed by atoms with van der Waals surface area (Å²) in [4.78, 5) is 25.0. The number of rotatable bonds is 9. The summed E-state index contributed by atoms with van der Waals surface area (Å²) in [5.41, 5.74) is 1.88. The number of hydrogen-bond acceptors (Lipinski definition) is 4. The van der Waals surface area contributed by atoms with Crippen molar-refractivity contribution in [2.45, 2.75) is 52.4 Å². The normalized spacial score (nSPS) is 20.8. The Morgan fingerprint density at radius 2 is 1.84 bits per heavy atom. The standard InChI is InChI=1S/C26H32O5/c1-18-9-12-26(13-10-18,25(28)29)17-22(27)21-7-8-23(30-3)24(16-21)31-14-11-20-6-4-5-19(2)15-20/h4-8,15-16,18H,9-14,17H2,1-3H3,(H,28,29). The predicted octanol–water partition coefficient (Wildman–Crippen LogP) is 5.48. The molecular weight excluding hydrogens is 392 g/mol. The molecule has 2 aromatic carbocycles. The molecule has 1 aliphatic carbocycles. The van der Waals surface area contributed by atoms with Crippen molar-refractivity contribution in [2.24, 2.45) is 11.3 Å². The van der Waals surface area contributed by atoms with Gasteiger partial charge in [0.25, 0.3) is 0 Å². The Morgan fingerprint density at radius 1 is 1.10 bits per heavy atom. The SMILES string of the molecule is COc1ccc(C(=O)CC2(C(=O)O)CCC(C)CC2)cc1OCCc1cccc(C)c1. The number of carboxylic acid groups (broad SMARTS) is 1. The van der Waals surface area contributed by atoms with E-state index < -0.39 is 11.4 Å². The molecule has 31 heavy (non-hydrogen) atoms. The lowest BCUT2D eigenvalue weighted by atomic mass is 9.68. The van der Waals surface area contributed by atoms with E-state index in [0.717, 1.165) is 19.3 Å². The Hall–Kier alpha value is -2.82. The number of ether oxygens (including phenoxy) is 2. The first-order valence-corrected chi connectivity index (χ1v) is 11.0. The number of hydrogen-bond donors (Lipinski definition) is 1. The highest BCUT2D eigenvalue weighted by Crippen LogP contribution is 2.43. The van der Waals surface area contributed by atoms with Crippen molar-refractivity contribution in [3.05, 3.63) is 59.2 Å². The van der Waals surface area contributed by atoms with Gasteiger partial charge in [-0.15, -0.1) is 0 Å². The Balaban J connectivity index is 1.71. The van der Waals surface area contributed by atoms with Gasteiger partial charge in [-0.05, 0) is 62.3 Å². The van der Waals surface area contributed by atoms with Gasteiger partial charge in [0.15, 0.2) is 17.3 Å². The van der Waals surface area contributed by atoms with E-state index in [-0.39, 0.29) is 12.2 Å². The van der Waals surface area contributed by atoms with Gasteiger partial charge in [0.2, 0.25) is 0 Å². The first-order chi connectivity index (χ1) is 14.8. The fourth-order valence-electron chi connectivity index (χ4n) is 4.30. The molecule has 0 atom stereocenters. The first kappa shape index (κ1) is 22.9. The maximum Gasteiger partial charge on any atom is 0.310 e. The van der Waals surface area contributed by atoms with Gasteiger partial charge in [-0.2, -0.15) is 0 Å². The molecule has 2 aromatic rings. The van der Waals surface area contributed by atoms with E-state index in [4.69, 9.17) is 9.47 Å². The van der Waals surface area contributed by atoms with E-state index in [9.17, 15) is 14.7 Å². The summed E-state index contributed by atoms with van der Waals surface area (Å²) in [7, 11) is 1.56. The van der Waals surface area contributed by atoms with Crippen LogP contribution in [0.25, 0.3) is 0 Å². The zero-order chi connectivity index (χ0) is 22.4. The number of ketones is 1. The van der Waals surface area contributed by atoms with E-state index in [1.807, 2.05) is 6.07 Å². The van der Waals surface area contributed by atoms with Crippen LogP contribution in [0.3, 0.4) is 0 Å². The van der Waals surface area contributed by atoms with E-state index >= 15 is 0 Å². The molecule has 0 radical (unpaired) electrons. The van der Waals surface area contributed by atoms with Gasteiger partial charge in [0, 0.05) is 18.4 Å². The highest BCUT2D eigenvalue weighted by atomic mass is 16.5. The Bertz CT molecular complexity index is 925. The summed E-state index contributed by atoms with van der Waals surface area (Å²) in [6.07, 6.45) is 3.54. The highest BCUT2D eigenvalue weighted by molar-refractivity contribution is 5.99. The minimum Gasteiger partial charge on any atom is -0.493 e. The van der Waals surface area contributed by atoms with E-state index in [1.54, 1.807) is 25.3 Å². The number of carbonyl (C=O) groups excluding carboxylic acids is 1. The summed E-state index contributed by atoms with van der Waals surface area (Å²) < 4.78 is 11.3. The number of Topliss-reactive ketones (excluding diaryl/α,β-unsaturated/α-hetero) is 1. The topological polar surface area (TPSA) is 72.8 Å². The molecule has 3 rings (SSSR count). The number of aliphatic carboxylic acids is 1. The molecule has 0 bridgehead atoms. The predicted molar refractivity (Wildman–Crippen MR) is 120 cm³/mol. The summed E-state index contributed by atoms with van der Waals surface area (Å²) in [6, 6.07) is 13.3. The number of aryl methyl sites for hydroxylation is 1. The van der Waals surface area contributed by atoms with Crippen molar-refractivity contribution < 1.29 is 24.2 Å².